The van der Waals surface area contributed by atoms with Gasteiger partial charge in [0.2, 0.25) is 12.1 Å². The van der Waals surface area contributed by atoms with E-state index in [-0.39, 0.29) is 6.42 Å². The molecule has 50 heavy (non-hydrogen) atoms. The average molecular weight is 721 g/mol. The van der Waals surface area contributed by atoms with Crippen LogP contribution >= 0.6 is 0 Å². The first kappa shape index (κ1) is 43.8. The lowest BCUT2D eigenvalue weighted by molar-refractivity contribution is -0.384. The largest absolute Gasteiger partial charge is 0.463 e. The molecule has 2 heterocycles. The van der Waals surface area contributed by atoms with Crippen LogP contribution in [0.2, 0.25) is 0 Å². The third-order valence-corrected chi connectivity index (χ3v) is 9.50. The van der Waals surface area contributed by atoms with E-state index in [0.717, 1.165) is 25.7 Å². The summed E-state index contributed by atoms with van der Waals surface area (Å²) in [5, 5.41) is 41.6. The van der Waals surface area contributed by atoms with Gasteiger partial charge in [-0.3, -0.25) is 19.2 Å². The van der Waals surface area contributed by atoms with Gasteiger partial charge in [-0.2, -0.15) is 0 Å². The highest BCUT2D eigenvalue weighted by molar-refractivity contribution is 5.74. The van der Waals surface area contributed by atoms with Crippen LogP contribution in [0.4, 0.5) is 0 Å². The molecule has 0 radical (unpaired) electrons. The molecule has 2 saturated heterocycles. The Labute approximate surface area is 295 Å². The number of aliphatic hydroxyl groups excluding tert-OH is 4. The molecule has 4 N–H and O–H groups in total. The molecule has 0 bridgehead atoms. The van der Waals surface area contributed by atoms with E-state index < -0.39 is 116 Å². The molecule has 0 aromatic carbocycles. The summed E-state index contributed by atoms with van der Waals surface area (Å²) in [5.74, 6) is -6.85. The van der Waals surface area contributed by atoms with Gasteiger partial charge < -0.3 is 53.6 Å². The number of hydrogen-bond donors (Lipinski definition) is 4. The molecule has 2 aliphatic heterocycles. The average Bonchev–Trinajstić information content (AvgIpc) is 3.36. The van der Waals surface area contributed by atoms with E-state index in [9.17, 15) is 39.6 Å². The fourth-order valence-corrected chi connectivity index (χ4v) is 5.37. The number of rotatable bonds is 21. The molecule has 2 fully saturated rings. The molecule has 12 unspecified atom stereocenters. The van der Waals surface area contributed by atoms with Crippen molar-refractivity contribution in [2.75, 3.05) is 19.8 Å². The van der Waals surface area contributed by atoms with Crippen LogP contribution in [0.1, 0.15) is 106 Å². The Bertz CT molecular complexity index is 1070. The van der Waals surface area contributed by atoms with Crippen molar-refractivity contribution < 1.29 is 72.8 Å². The maximum absolute atomic E-state index is 13.4. The predicted octanol–water partition coefficient (Wildman–Crippen LogP) is 2.31. The second-order valence-corrected chi connectivity index (χ2v) is 13.4. The van der Waals surface area contributed by atoms with Crippen molar-refractivity contribution in [1.82, 2.24) is 0 Å². The lowest BCUT2D eigenvalue weighted by Gasteiger charge is -2.46. The second-order valence-electron chi connectivity index (χ2n) is 13.4. The van der Waals surface area contributed by atoms with E-state index in [4.69, 9.17) is 33.2 Å². The summed E-state index contributed by atoms with van der Waals surface area (Å²) < 4.78 is 41.1. The number of aliphatic hydroxyl groups is 4. The van der Waals surface area contributed by atoms with Gasteiger partial charge in [-0.1, -0.05) is 74.1 Å². The zero-order chi connectivity index (χ0) is 37.6. The molecule has 0 amide bonds. The number of esters is 4. The van der Waals surface area contributed by atoms with E-state index >= 15 is 0 Å². The van der Waals surface area contributed by atoms with Gasteiger partial charge in [-0.15, -0.1) is 0 Å². The number of carbonyl (C=O) groups is 4. The summed E-state index contributed by atoms with van der Waals surface area (Å²) in [4.78, 5) is 52.8. The molecule has 12 atom stereocenters. The molecular formula is C35H60O15. The van der Waals surface area contributed by atoms with E-state index in [2.05, 4.69) is 6.92 Å². The van der Waals surface area contributed by atoms with Gasteiger partial charge in [-0.05, 0) is 25.7 Å². The third kappa shape index (κ3) is 11.6. The topological polar surface area (TPSA) is 214 Å². The summed E-state index contributed by atoms with van der Waals surface area (Å²) >= 11 is 0. The standard InChI is InChI=1S/C35H60O15/c1-8-12-13-14-15-16-25(38)46-28-27(47-32(42)21(6)10-3)24(18-44-31(41)20(5)9-2)45-34(29(28)48-33(43)22(7)11-4)50-35(19-37)30(40)26(39)23(17-36)49-35/h20-24,26-30,34,36-37,39-40H,8-19H2,1-7H3. The van der Waals surface area contributed by atoms with Gasteiger partial charge >= 0.3 is 23.9 Å². The van der Waals surface area contributed by atoms with Crippen molar-refractivity contribution in [1.29, 1.82) is 0 Å². The first-order valence-electron chi connectivity index (χ1n) is 18.1. The smallest absolute Gasteiger partial charge is 0.309 e. The number of carbonyl (C=O) groups excluding carboxylic acids is 4. The van der Waals surface area contributed by atoms with Crippen molar-refractivity contribution in [3.8, 4) is 0 Å². The second kappa shape index (κ2) is 21.2. The van der Waals surface area contributed by atoms with Gasteiger partial charge in [0.05, 0.1) is 24.4 Å². The third-order valence-electron chi connectivity index (χ3n) is 9.50. The highest BCUT2D eigenvalue weighted by Gasteiger charge is 2.61. The zero-order valence-corrected chi connectivity index (χ0v) is 30.6. The van der Waals surface area contributed by atoms with Crippen LogP contribution in [0.15, 0.2) is 0 Å². The van der Waals surface area contributed by atoms with E-state index in [1.165, 1.54) is 0 Å². The first-order chi connectivity index (χ1) is 23.7. The van der Waals surface area contributed by atoms with Crippen LogP contribution in [0.3, 0.4) is 0 Å². The Balaban J connectivity index is 2.67. The molecule has 0 aromatic heterocycles. The van der Waals surface area contributed by atoms with Crippen LogP contribution in [0.5, 0.6) is 0 Å². The molecule has 2 aliphatic rings. The van der Waals surface area contributed by atoms with Gasteiger partial charge in [0.25, 0.3) is 0 Å². The lowest BCUT2D eigenvalue weighted by Crippen LogP contribution is -2.65. The maximum atomic E-state index is 13.4. The minimum absolute atomic E-state index is 0.00883. The molecule has 0 aromatic rings. The zero-order valence-electron chi connectivity index (χ0n) is 30.6. The Morgan fingerprint density at radius 1 is 0.720 bits per heavy atom. The summed E-state index contributed by atoms with van der Waals surface area (Å²) in [6.07, 6.45) is -7.52. The highest BCUT2D eigenvalue weighted by atomic mass is 16.8. The summed E-state index contributed by atoms with van der Waals surface area (Å²) in [7, 11) is 0. The van der Waals surface area contributed by atoms with Crippen LogP contribution in [-0.4, -0.2) is 119 Å². The normalized spacial score (nSPS) is 31.3. The van der Waals surface area contributed by atoms with Gasteiger partial charge in [0, 0.05) is 6.42 Å². The van der Waals surface area contributed by atoms with Gasteiger partial charge in [0.15, 0.2) is 18.3 Å². The fourth-order valence-electron chi connectivity index (χ4n) is 5.37. The Morgan fingerprint density at radius 2 is 1.28 bits per heavy atom. The van der Waals surface area contributed by atoms with Crippen molar-refractivity contribution in [2.45, 2.75) is 161 Å². The predicted molar refractivity (Wildman–Crippen MR) is 176 cm³/mol. The minimum Gasteiger partial charge on any atom is -0.463 e. The molecular weight excluding hydrogens is 660 g/mol. The number of ether oxygens (including phenoxy) is 7. The van der Waals surface area contributed by atoms with Gasteiger partial charge in [-0.25, -0.2) is 0 Å². The first-order valence-corrected chi connectivity index (χ1v) is 18.1. The molecule has 0 spiro atoms. The van der Waals surface area contributed by atoms with Crippen molar-refractivity contribution in [3.05, 3.63) is 0 Å². The van der Waals surface area contributed by atoms with Crippen molar-refractivity contribution in [2.24, 2.45) is 17.8 Å². The van der Waals surface area contributed by atoms with Crippen molar-refractivity contribution in [3.63, 3.8) is 0 Å². The van der Waals surface area contributed by atoms with E-state index in [0.29, 0.717) is 25.7 Å². The Kier molecular flexibility index (Phi) is 18.6. The SMILES string of the molecule is CCCCCCCC(=O)OC1C(OC(=O)C(C)CC)C(COC(=O)C(C)CC)OC(OC2(CO)OC(CO)C(O)C2O)C1OC(=O)C(C)CC. The summed E-state index contributed by atoms with van der Waals surface area (Å²) in [6, 6.07) is 0. The summed E-state index contributed by atoms with van der Waals surface area (Å²) in [6.45, 7) is 9.99. The molecule has 15 heteroatoms. The monoisotopic (exact) mass is 720 g/mol. The number of unbranched alkanes of at least 4 members (excludes halogenated alkanes) is 4. The van der Waals surface area contributed by atoms with Crippen LogP contribution < -0.4 is 0 Å². The molecule has 290 valence electrons. The molecule has 2 rings (SSSR count). The van der Waals surface area contributed by atoms with Gasteiger partial charge in [0.1, 0.15) is 37.6 Å². The van der Waals surface area contributed by atoms with E-state index in [1.807, 2.05) is 0 Å². The highest BCUT2D eigenvalue weighted by Crippen LogP contribution is 2.38. The molecule has 0 aliphatic carbocycles. The Hall–Kier alpha value is -2.40. The number of hydrogen-bond acceptors (Lipinski definition) is 15. The minimum atomic E-state index is -2.41. The van der Waals surface area contributed by atoms with Crippen LogP contribution in [-0.2, 0) is 52.3 Å². The molecule has 15 nitrogen and oxygen atoms in total. The lowest BCUT2D eigenvalue weighted by atomic mass is 9.96. The molecule has 0 saturated carbocycles. The quantitative estimate of drug-likeness (QED) is 0.0761. The van der Waals surface area contributed by atoms with Crippen LogP contribution in [0, 0.1) is 17.8 Å². The fraction of sp³-hybridized carbons (Fsp3) is 0.886. The maximum Gasteiger partial charge on any atom is 0.309 e. The van der Waals surface area contributed by atoms with Crippen LogP contribution in [0.25, 0.3) is 0 Å². The van der Waals surface area contributed by atoms with E-state index in [1.54, 1.807) is 41.5 Å². The Morgan fingerprint density at radius 3 is 1.80 bits per heavy atom. The summed E-state index contributed by atoms with van der Waals surface area (Å²) in [5.41, 5.74) is 0. The van der Waals surface area contributed by atoms with Crippen molar-refractivity contribution >= 4 is 23.9 Å².